The molecule has 8 nitrogen and oxygen atoms in total. The van der Waals surface area contributed by atoms with Crippen molar-refractivity contribution in [3.63, 3.8) is 0 Å². The molecule has 0 aliphatic rings. The number of sulfonamides is 1. The Hall–Kier alpha value is -1.88. The summed E-state index contributed by atoms with van der Waals surface area (Å²) in [4.78, 5) is 7.25. The van der Waals surface area contributed by atoms with Gasteiger partial charge < -0.3 is 4.74 Å². The van der Waals surface area contributed by atoms with E-state index in [2.05, 4.69) is 19.8 Å². The largest absolute Gasteiger partial charge is 0.464 e. The minimum absolute atomic E-state index is 0.0462. The highest BCUT2D eigenvalue weighted by molar-refractivity contribution is 7.92. The molecule has 13 heteroatoms. The van der Waals surface area contributed by atoms with Gasteiger partial charge in [0.15, 0.2) is 5.65 Å². The Morgan fingerprint density at radius 1 is 1.23 bits per heavy atom. The van der Waals surface area contributed by atoms with E-state index >= 15 is 0 Å². The molecule has 0 saturated heterocycles. The molecular formula is C13H9Cl3FN5O3S. The number of anilines is 1. The first-order valence-corrected chi connectivity index (χ1v) is 9.57. The van der Waals surface area contributed by atoms with Gasteiger partial charge in [-0.3, -0.25) is 4.72 Å². The second-order valence-corrected chi connectivity index (χ2v) is 7.53. The molecule has 1 N–H and O–H groups in total. The molecular weight excluding hydrogens is 432 g/mol. The molecule has 1 aromatic carbocycles. The van der Waals surface area contributed by atoms with Crippen LogP contribution in [0.25, 0.3) is 5.65 Å². The van der Waals surface area contributed by atoms with Gasteiger partial charge in [0.1, 0.15) is 5.02 Å². The fraction of sp³-hybridized carbons (Fsp3) is 0.154. The molecule has 0 unspecified atom stereocenters. The van der Waals surface area contributed by atoms with Crippen LogP contribution in [0.4, 0.5) is 10.1 Å². The van der Waals surface area contributed by atoms with E-state index in [-0.39, 0.29) is 34.0 Å². The zero-order valence-electron chi connectivity index (χ0n) is 12.9. The molecule has 0 aliphatic heterocycles. The van der Waals surface area contributed by atoms with Crippen molar-refractivity contribution in [3.05, 3.63) is 39.2 Å². The third kappa shape index (κ3) is 3.37. The van der Waals surface area contributed by atoms with Crippen LogP contribution in [-0.4, -0.2) is 34.6 Å². The van der Waals surface area contributed by atoms with Crippen molar-refractivity contribution < 1.29 is 17.5 Å². The van der Waals surface area contributed by atoms with Gasteiger partial charge >= 0.3 is 6.01 Å². The van der Waals surface area contributed by atoms with Crippen LogP contribution in [0.3, 0.4) is 0 Å². The minimum Gasteiger partial charge on any atom is -0.464 e. The highest BCUT2D eigenvalue weighted by atomic mass is 35.5. The summed E-state index contributed by atoms with van der Waals surface area (Å²) >= 11 is 17.7. The molecule has 0 fully saturated rings. The summed E-state index contributed by atoms with van der Waals surface area (Å²) in [6.45, 7) is 1.77. The maximum Gasteiger partial charge on any atom is 0.322 e. The van der Waals surface area contributed by atoms with Crippen LogP contribution < -0.4 is 9.46 Å². The smallest absolute Gasteiger partial charge is 0.322 e. The van der Waals surface area contributed by atoms with E-state index in [4.69, 9.17) is 39.5 Å². The lowest BCUT2D eigenvalue weighted by Crippen LogP contribution is -2.15. The summed E-state index contributed by atoms with van der Waals surface area (Å²) in [7, 11) is -4.31. The first-order valence-electron chi connectivity index (χ1n) is 6.96. The Morgan fingerprint density at radius 3 is 2.50 bits per heavy atom. The van der Waals surface area contributed by atoms with Crippen LogP contribution in [-0.2, 0) is 10.0 Å². The van der Waals surface area contributed by atoms with E-state index < -0.39 is 26.2 Å². The third-order valence-corrected chi connectivity index (χ3v) is 5.13. The zero-order valence-corrected chi connectivity index (χ0v) is 16.0. The van der Waals surface area contributed by atoms with Gasteiger partial charge in [0.2, 0.25) is 5.95 Å². The van der Waals surface area contributed by atoms with E-state index in [1.165, 1.54) is 12.1 Å². The van der Waals surface area contributed by atoms with Gasteiger partial charge in [-0.15, -0.1) is 5.10 Å². The molecule has 26 heavy (non-hydrogen) atoms. The van der Waals surface area contributed by atoms with Crippen molar-refractivity contribution in [3.8, 4) is 6.01 Å². The standard InChI is InChI=1S/C13H9Cl3FN5O3S/c1-2-25-13-18-10(17)8(16)11-19-12(20-22(11)13)26(23,24)21-9-6(14)4-3-5-7(9)15/h3-5,21H,2H2,1H3. The first kappa shape index (κ1) is 18.9. The van der Waals surface area contributed by atoms with Crippen molar-refractivity contribution in [1.82, 2.24) is 19.6 Å². The van der Waals surface area contributed by atoms with E-state index in [9.17, 15) is 12.8 Å². The number of para-hydroxylation sites is 1. The molecule has 0 atom stereocenters. The van der Waals surface area contributed by atoms with Crippen molar-refractivity contribution in [2.75, 3.05) is 11.3 Å². The van der Waals surface area contributed by atoms with Gasteiger partial charge in [0, 0.05) is 0 Å². The van der Waals surface area contributed by atoms with Gasteiger partial charge in [0.25, 0.3) is 15.2 Å². The summed E-state index contributed by atoms with van der Waals surface area (Å²) in [6, 6.07) is 4.15. The molecule has 3 rings (SSSR count). The summed E-state index contributed by atoms with van der Waals surface area (Å²) in [5.41, 5.74) is -0.316. The fourth-order valence-corrected chi connectivity index (χ4v) is 3.70. The maximum absolute atomic E-state index is 13.8. The van der Waals surface area contributed by atoms with Crippen LogP contribution in [0, 0.1) is 5.95 Å². The van der Waals surface area contributed by atoms with Crippen molar-refractivity contribution >= 4 is 56.2 Å². The molecule has 3 aromatic rings. The Labute approximate surface area is 161 Å². The van der Waals surface area contributed by atoms with Gasteiger partial charge in [-0.05, 0) is 19.1 Å². The van der Waals surface area contributed by atoms with Gasteiger partial charge in [0.05, 0.1) is 22.3 Å². The predicted molar refractivity (Wildman–Crippen MR) is 94.2 cm³/mol. The van der Waals surface area contributed by atoms with Crippen molar-refractivity contribution in [2.45, 2.75) is 12.1 Å². The Morgan fingerprint density at radius 2 is 1.88 bits per heavy atom. The molecule has 0 spiro atoms. The second-order valence-electron chi connectivity index (χ2n) is 4.76. The Kier molecular flexibility index (Phi) is 5.11. The van der Waals surface area contributed by atoms with Crippen LogP contribution in [0.1, 0.15) is 6.92 Å². The number of nitrogens with one attached hydrogen (secondary N) is 1. The van der Waals surface area contributed by atoms with Crippen LogP contribution in [0.5, 0.6) is 6.01 Å². The lowest BCUT2D eigenvalue weighted by atomic mass is 10.3. The number of aromatic nitrogens is 4. The minimum atomic E-state index is -4.31. The van der Waals surface area contributed by atoms with Gasteiger partial charge in [-0.1, -0.05) is 40.9 Å². The summed E-state index contributed by atoms with van der Waals surface area (Å²) in [6.07, 6.45) is 0. The molecule has 0 aliphatic carbocycles. The maximum atomic E-state index is 13.8. The highest BCUT2D eigenvalue weighted by Crippen LogP contribution is 2.32. The molecule has 2 aromatic heterocycles. The zero-order chi connectivity index (χ0) is 19.1. The van der Waals surface area contributed by atoms with Crippen molar-refractivity contribution in [1.29, 1.82) is 0 Å². The van der Waals surface area contributed by atoms with Gasteiger partial charge in [-0.2, -0.15) is 27.3 Å². The normalized spacial score (nSPS) is 11.7. The summed E-state index contributed by atoms with van der Waals surface area (Å²) in [5, 5.41) is 2.75. The van der Waals surface area contributed by atoms with Crippen LogP contribution >= 0.6 is 34.8 Å². The third-order valence-electron chi connectivity index (χ3n) is 3.05. The molecule has 2 heterocycles. The lowest BCUT2D eigenvalue weighted by molar-refractivity contribution is 0.296. The monoisotopic (exact) mass is 439 g/mol. The molecule has 0 bridgehead atoms. The van der Waals surface area contributed by atoms with Gasteiger partial charge in [-0.25, -0.2) is 0 Å². The molecule has 0 amide bonds. The Balaban J connectivity index is 2.12. The molecule has 0 radical (unpaired) electrons. The lowest BCUT2D eigenvalue weighted by Gasteiger charge is -2.08. The molecule has 138 valence electrons. The first-order chi connectivity index (χ1) is 12.2. The fourth-order valence-electron chi connectivity index (χ4n) is 1.95. The number of rotatable bonds is 5. The van der Waals surface area contributed by atoms with Crippen LogP contribution in [0.15, 0.2) is 23.4 Å². The van der Waals surface area contributed by atoms with Crippen molar-refractivity contribution in [2.24, 2.45) is 0 Å². The van der Waals surface area contributed by atoms with E-state index in [0.29, 0.717) is 0 Å². The number of ether oxygens (including phenoxy) is 1. The Bertz CT molecular complexity index is 1090. The van der Waals surface area contributed by atoms with E-state index in [1.807, 2.05) is 0 Å². The highest BCUT2D eigenvalue weighted by Gasteiger charge is 2.26. The summed E-state index contributed by atoms with van der Waals surface area (Å²) in [5.74, 6) is -1.07. The average Bonchev–Trinajstić information content (AvgIpc) is 3.03. The summed E-state index contributed by atoms with van der Waals surface area (Å²) < 4.78 is 47.1. The number of hydrogen-bond acceptors (Lipinski definition) is 6. The molecule has 0 saturated carbocycles. The number of benzene rings is 1. The van der Waals surface area contributed by atoms with Crippen LogP contribution in [0.2, 0.25) is 15.1 Å². The number of nitrogens with zero attached hydrogens (tertiary/aromatic N) is 4. The topological polar surface area (TPSA) is 98.5 Å². The van der Waals surface area contributed by atoms with E-state index in [0.717, 1.165) is 4.52 Å². The predicted octanol–water partition coefficient (Wildman–Crippen LogP) is 3.42. The number of halogens is 4. The quantitative estimate of drug-likeness (QED) is 0.610. The average molecular weight is 441 g/mol. The van der Waals surface area contributed by atoms with E-state index in [1.54, 1.807) is 13.0 Å². The SMILES string of the molecule is CCOc1nc(F)c(Cl)c2nc(S(=O)(=O)Nc3c(Cl)cccc3Cl)nn12. The number of hydrogen-bond donors (Lipinski definition) is 1. The second kappa shape index (κ2) is 7.03. The number of fused-ring (bicyclic) bond motifs is 1.